The molecule has 1 unspecified atom stereocenters. The minimum Gasteiger partial charge on any atom is -0.480 e. The van der Waals surface area contributed by atoms with Gasteiger partial charge in [-0.1, -0.05) is 17.4 Å². The number of rotatable bonds is 4. The molecule has 8 heteroatoms. The third kappa shape index (κ3) is 2.85. The fourth-order valence-corrected chi connectivity index (χ4v) is 3.48. The van der Waals surface area contributed by atoms with Gasteiger partial charge in [-0.05, 0) is 31.5 Å². The Morgan fingerprint density at radius 1 is 1.47 bits per heavy atom. The smallest absolute Gasteiger partial charge is 0.323 e. The lowest BCUT2D eigenvalue weighted by Crippen LogP contribution is -2.31. The highest BCUT2D eigenvalue weighted by Gasteiger charge is 2.28. The summed E-state index contributed by atoms with van der Waals surface area (Å²) < 4.78 is 26.6. The molecule has 1 atom stereocenters. The summed E-state index contributed by atoms with van der Waals surface area (Å²) >= 11 is 1.17. The summed E-state index contributed by atoms with van der Waals surface area (Å²) in [6, 6.07) is 5.56. The molecule has 2 rings (SSSR count). The van der Waals surface area contributed by atoms with E-state index in [1.807, 2.05) is 19.1 Å². The molecule has 0 amide bonds. The fraction of sp³-hybridized carbons (Fsp3) is 0.273. The van der Waals surface area contributed by atoms with Crippen LogP contribution in [-0.4, -0.2) is 29.7 Å². The second-order valence-corrected chi connectivity index (χ2v) is 7.15. The molecule has 0 radical (unpaired) electrons. The lowest BCUT2D eigenvalue weighted by molar-refractivity contribution is -0.136. The third-order valence-corrected chi connectivity index (χ3v) is 5.26. The van der Waals surface area contributed by atoms with Gasteiger partial charge in [-0.25, -0.2) is 13.4 Å². The van der Waals surface area contributed by atoms with Crippen LogP contribution in [0.2, 0.25) is 0 Å². The number of benzene rings is 1. The summed E-state index contributed by atoms with van der Waals surface area (Å²) in [4.78, 5) is 14.8. The molecule has 0 saturated carbocycles. The number of anilines is 1. The maximum atomic E-state index is 11.8. The zero-order valence-corrected chi connectivity index (χ0v) is 11.9. The van der Waals surface area contributed by atoms with Crippen LogP contribution in [0.4, 0.5) is 5.13 Å². The summed E-state index contributed by atoms with van der Waals surface area (Å²) in [6.45, 7) is 3.04. The van der Waals surface area contributed by atoms with E-state index < -0.39 is 21.2 Å². The first-order valence-electron chi connectivity index (χ1n) is 5.41. The number of hydrogen-bond acceptors (Lipinski definition) is 5. The number of carbonyl (C=O) groups is 1. The number of sulfonamides is 1. The topological polar surface area (TPSA) is 96.4 Å². The molecule has 1 aromatic heterocycles. The van der Waals surface area contributed by atoms with E-state index in [1.54, 1.807) is 6.07 Å². The number of nitrogens with zero attached hydrogens (tertiary/aromatic N) is 1. The molecule has 2 aromatic rings. The number of fused-ring (bicyclic) bond motifs is 1. The number of aromatic nitrogens is 1. The van der Waals surface area contributed by atoms with E-state index in [2.05, 4.69) is 9.71 Å². The average molecular weight is 300 g/mol. The van der Waals surface area contributed by atoms with Crippen molar-refractivity contribution in [3.8, 4) is 0 Å². The Labute approximate surface area is 114 Å². The molecule has 0 aliphatic heterocycles. The highest BCUT2D eigenvalue weighted by atomic mass is 32.2. The summed E-state index contributed by atoms with van der Waals surface area (Å²) in [5.74, 6) is -1.40. The zero-order valence-electron chi connectivity index (χ0n) is 10.2. The first-order chi connectivity index (χ1) is 8.79. The predicted octanol–water partition coefficient (Wildman–Crippen LogP) is 1.82. The van der Waals surface area contributed by atoms with Crippen LogP contribution in [0.5, 0.6) is 0 Å². The Morgan fingerprint density at radius 2 is 2.16 bits per heavy atom. The first kappa shape index (κ1) is 13.8. The maximum absolute atomic E-state index is 11.8. The molecule has 102 valence electrons. The predicted molar refractivity (Wildman–Crippen MR) is 74.0 cm³/mol. The number of aryl methyl sites for hydroxylation is 1. The highest BCUT2D eigenvalue weighted by Crippen LogP contribution is 2.27. The van der Waals surface area contributed by atoms with Crippen LogP contribution in [-0.2, 0) is 14.8 Å². The largest absolute Gasteiger partial charge is 0.480 e. The summed E-state index contributed by atoms with van der Waals surface area (Å²) in [5, 5.41) is 7.38. The molecule has 19 heavy (non-hydrogen) atoms. The van der Waals surface area contributed by atoms with Gasteiger partial charge in [0.15, 0.2) is 10.4 Å². The lowest BCUT2D eigenvalue weighted by atomic mass is 10.2. The van der Waals surface area contributed by atoms with Crippen LogP contribution in [0.3, 0.4) is 0 Å². The normalized spacial score (nSPS) is 13.4. The van der Waals surface area contributed by atoms with Gasteiger partial charge >= 0.3 is 5.97 Å². The molecule has 6 nitrogen and oxygen atoms in total. The van der Waals surface area contributed by atoms with Crippen molar-refractivity contribution in [2.24, 2.45) is 0 Å². The number of nitrogens with one attached hydrogen (secondary N) is 1. The molecule has 0 spiro atoms. The van der Waals surface area contributed by atoms with Crippen LogP contribution >= 0.6 is 11.3 Å². The van der Waals surface area contributed by atoms with Gasteiger partial charge in [0, 0.05) is 0 Å². The van der Waals surface area contributed by atoms with Crippen molar-refractivity contribution in [1.29, 1.82) is 0 Å². The molecule has 0 bridgehead atoms. The molecule has 1 aromatic carbocycles. The number of hydrogen-bond donors (Lipinski definition) is 2. The molecular formula is C11H12N2O4S2. The van der Waals surface area contributed by atoms with Gasteiger partial charge in [0.25, 0.3) is 0 Å². The monoisotopic (exact) mass is 300 g/mol. The Kier molecular flexibility index (Phi) is 3.46. The fourth-order valence-electron chi connectivity index (χ4n) is 1.42. The van der Waals surface area contributed by atoms with Gasteiger partial charge in [0.2, 0.25) is 10.0 Å². The molecule has 1 heterocycles. The molecule has 2 N–H and O–H groups in total. The second-order valence-electron chi connectivity index (χ2n) is 4.12. The SMILES string of the molecule is Cc1ccc2nc(NS(=O)(=O)C(C)C(=O)O)sc2c1. The van der Waals surface area contributed by atoms with Crippen molar-refractivity contribution >= 4 is 42.7 Å². The van der Waals surface area contributed by atoms with Crippen LogP contribution < -0.4 is 4.72 Å². The van der Waals surface area contributed by atoms with Gasteiger partial charge < -0.3 is 5.11 Å². The summed E-state index contributed by atoms with van der Waals surface area (Å²) in [6.07, 6.45) is 0. The van der Waals surface area contributed by atoms with E-state index >= 15 is 0 Å². The highest BCUT2D eigenvalue weighted by molar-refractivity contribution is 7.94. The minimum absolute atomic E-state index is 0.175. The molecular weight excluding hydrogens is 288 g/mol. The van der Waals surface area contributed by atoms with Gasteiger partial charge in [-0.2, -0.15) is 0 Å². The molecule has 0 saturated heterocycles. The average Bonchev–Trinajstić information content (AvgIpc) is 2.68. The minimum atomic E-state index is -3.97. The lowest BCUT2D eigenvalue weighted by Gasteiger charge is -2.08. The van der Waals surface area contributed by atoms with Crippen molar-refractivity contribution < 1.29 is 18.3 Å². The second kappa shape index (κ2) is 4.78. The van der Waals surface area contributed by atoms with Crippen LogP contribution in [0.1, 0.15) is 12.5 Å². The van der Waals surface area contributed by atoms with Crippen molar-refractivity contribution in [2.45, 2.75) is 19.1 Å². The summed E-state index contributed by atoms with van der Waals surface area (Å²) in [7, 11) is -3.97. The Balaban J connectivity index is 2.34. The van der Waals surface area contributed by atoms with E-state index in [0.29, 0.717) is 5.52 Å². The van der Waals surface area contributed by atoms with Gasteiger partial charge in [0.05, 0.1) is 10.2 Å². The number of aliphatic carboxylic acids is 1. The maximum Gasteiger partial charge on any atom is 0.323 e. The summed E-state index contributed by atoms with van der Waals surface area (Å²) in [5.41, 5.74) is 1.72. The van der Waals surface area contributed by atoms with Gasteiger partial charge in [-0.15, -0.1) is 0 Å². The van der Waals surface area contributed by atoms with E-state index in [1.165, 1.54) is 11.3 Å². The molecule has 0 fully saturated rings. The van der Waals surface area contributed by atoms with Crippen molar-refractivity contribution in [3.05, 3.63) is 23.8 Å². The molecule has 0 aliphatic rings. The van der Waals surface area contributed by atoms with Crippen LogP contribution in [0.25, 0.3) is 10.2 Å². The van der Waals surface area contributed by atoms with Gasteiger partial charge in [-0.3, -0.25) is 9.52 Å². The van der Waals surface area contributed by atoms with E-state index in [4.69, 9.17) is 5.11 Å². The Hall–Kier alpha value is -1.67. The standard InChI is InChI=1S/C11H12N2O4S2/c1-6-3-4-8-9(5-6)18-11(12-8)13-19(16,17)7(2)10(14)15/h3-5,7H,1-2H3,(H,12,13)(H,14,15). The van der Waals surface area contributed by atoms with Gasteiger partial charge in [0.1, 0.15) is 0 Å². The van der Waals surface area contributed by atoms with Crippen molar-refractivity contribution in [3.63, 3.8) is 0 Å². The number of thiazole rings is 1. The Bertz CT molecular complexity index is 736. The molecule has 0 aliphatic carbocycles. The number of carboxylic acid groups (broad SMARTS) is 1. The van der Waals surface area contributed by atoms with E-state index in [0.717, 1.165) is 17.2 Å². The zero-order chi connectivity index (χ0) is 14.2. The first-order valence-corrected chi connectivity index (χ1v) is 7.77. The van der Waals surface area contributed by atoms with Crippen molar-refractivity contribution in [2.75, 3.05) is 4.72 Å². The van der Waals surface area contributed by atoms with E-state index in [-0.39, 0.29) is 5.13 Å². The quantitative estimate of drug-likeness (QED) is 0.897. The number of carboxylic acids is 1. The van der Waals surface area contributed by atoms with Crippen molar-refractivity contribution in [1.82, 2.24) is 4.98 Å². The Morgan fingerprint density at radius 3 is 2.79 bits per heavy atom. The van der Waals surface area contributed by atoms with Crippen LogP contribution in [0, 0.1) is 6.92 Å². The van der Waals surface area contributed by atoms with E-state index in [9.17, 15) is 13.2 Å². The third-order valence-electron chi connectivity index (χ3n) is 2.59. The van der Waals surface area contributed by atoms with Crippen LogP contribution in [0.15, 0.2) is 18.2 Å².